The summed E-state index contributed by atoms with van der Waals surface area (Å²) in [5.74, 6) is 1.00. The van der Waals surface area contributed by atoms with E-state index in [1.807, 2.05) is 0 Å². The number of benzene rings is 1. The summed E-state index contributed by atoms with van der Waals surface area (Å²) in [4.78, 5) is 16.6. The number of hydrogen-bond donors (Lipinski definition) is 1. The van der Waals surface area contributed by atoms with Gasteiger partial charge in [-0.25, -0.2) is 0 Å². The van der Waals surface area contributed by atoms with Crippen molar-refractivity contribution in [2.24, 2.45) is 0 Å². The largest absolute Gasteiger partial charge is 0.485 e. The molecule has 0 aliphatic carbocycles. The number of aromatic nitrogens is 4. The average Bonchev–Trinajstić information content (AvgIpc) is 3.22. The molecule has 1 aromatic carbocycles. The van der Waals surface area contributed by atoms with Gasteiger partial charge in [-0.1, -0.05) is 35.5 Å². The first-order valence-corrected chi connectivity index (χ1v) is 8.62. The Balaban J connectivity index is 1.69. The number of ether oxygens (including phenoxy) is 1. The molecule has 0 fully saturated rings. The highest BCUT2D eigenvalue weighted by atomic mass is 32.1. The van der Waals surface area contributed by atoms with Crippen molar-refractivity contribution >= 4 is 22.4 Å². The Morgan fingerprint density at radius 1 is 1.32 bits per heavy atom. The van der Waals surface area contributed by atoms with Gasteiger partial charge in [0.1, 0.15) is 10.8 Å². The van der Waals surface area contributed by atoms with Crippen LogP contribution in [0.15, 0.2) is 28.8 Å². The van der Waals surface area contributed by atoms with Crippen LogP contribution in [0.5, 0.6) is 5.75 Å². The van der Waals surface area contributed by atoms with Crippen LogP contribution in [0.2, 0.25) is 0 Å². The van der Waals surface area contributed by atoms with Crippen molar-refractivity contribution in [1.82, 2.24) is 20.3 Å². The Kier molecular flexibility index (Phi) is 5.34. The average molecular weight is 359 g/mol. The van der Waals surface area contributed by atoms with Crippen LogP contribution < -0.4 is 10.1 Å². The fourth-order valence-corrected chi connectivity index (χ4v) is 2.94. The molecule has 9 heteroatoms. The first-order chi connectivity index (χ1) is 12.2. The fraction of sp³-hybridized carbons (Fsp3) is 0.312. The lowest BCUT2D eigenvalue weighted by atomic mass is 10.2. The monoisotopic (exact) mass is 359 g/mol. The summed E-state index contributed by atoms with van der Waals surface area (Å²) in [5.41, 5.74) is 0.398. The smallest absolute Gasteiger partial charge is 0.261 e. The number of carbonyl (C=O) groups is 1. The Hall–Kier alpha value is -2.81. The Bertz CT molecular complexity index is 861. The van der Waals surface area contributed by atoms with E-state index in [9.17, 15) is 4.79 Å². The van der Waals surface area contributed by atoms with Gasteiger partial charge in [0, 0.05) is 13.3 Å². The van der Waals surface area contributed by atoms with Crippen molar-refractivity contribution in [3.8, 4) is 5.75 Å². The molecule has 2 heterocycles. The molecule has 3 rings (SSSR count). The van der Waals surface area contributed by atoms with Crippen LogP contribution in [0.3, 0.4) is 0 Å². The zero-order valence-corrected chi connectivity index (χ0v) is 14.7. The SMILES string of the molecule is CCCc1nnc(NC(=O)c2ccccc2OCc2noc(C)n2)s1. The second-order valence-corrected chi connectivity index (χ2v) is 6.28. The van der Waals surface area contributed by atoms with E-state index in [4.69, 9.17) is 9.26 Å². The summed E-state index contributed by atoms with van der Waals surface area (Å²) in [6, 6.07) is 6.95. The van der Waals surface area contributed by atoms with Gasteiger partial charge in [0.25, 0.3) is 5.91 Å². The number of anilines is 1. The van der Waals surface area contributed by atoms with E-state index in [1.165, 1.54) is 11.3 Å². The van der Waals surface area contributed by atoms with Gasteiger partial charge in [-0.05, 0) is 18.6 Å². The highest BCUT2D eigenvalue weighted by Gasteiger charge is 2.15. The van der Waals surface area contributed by atoms with Gasteiger partial charge in [-0.15, -0.1) is 10.2 Å². The number of para-hydroxylation sites is 1. The molecular weight excluding hydrogens is 342 g/mol. The lowest BCUT2D eigenvalue weighted by molar-refractivity contribution is 0.102. The molecule has 1 N–H and O–H groups in total. The molecule has 0 bridgehead atoms. The second kappa shape index (κ2) is 7.84. The van der Waals surface area contributed by atoms with Crippen LogP contribution >= 0.6 is 11.3 Å². The zero-order valence-electron chi connectivity index (χ0n) is 13.9. The minimum absolute atomic E-state index is 0.112. The summed E-state index contributed by atoms with van der Waals surface area (Å²) >= 11 is 1.37. The Morgan fingerprint density at radius 2 is 2.16 bits per heavy atom. The van der Waals surface area contributed by atoms with E-state index < -0.39 is 0 Å². The molecule has 130 valence electrons. The van der Waals surface area contributed by atoms with Gasteiger partial charge in [0.2, 0.25) is 16.8 Å². The van der Waals surface area contributed by atoms with Crippen molar-refractivity contribution in [3.05, 3.63) is 46.6 Å². The summed E-state index contributed by atoms with van der Waals surface area (Å²) in [6.45, 7) is 3.88. The molecule has 3 aromatic rings. The van der Waals surface area contributed by atoms with E-state index in [0.717, 1.165) is 17.8 Å². The maximum absolute atomic E-state index is 12.5. The molecule has 0 unspecified atom stereocenters. The van der Waals surface area contributed by atoms with Gasteiger partial charge in [-0.2, -0.15) is 4.98 Å². The number of carbonyl (C=O) groups excluding carboxylic acids is 1. The predicted molar refractivity (Wildman–Crippen MR) is 91.7 cm³/mol. The van der Waals surface area contributed by atoms with Crippen LogP contribution in [0.25, 0.3) is 0 Å². The highest BCUT2D eigenvalue weighted by molar-refractivity contribution is 7.15. The number of nitrogens with one attached hydrogen (secondary N) is 1. The van der Waals surface area contributed by atoms with Crippen LogP contribution in [-0.4, -0.2) is 26.2 Å². The van der Waals surface area contributed by atoms with Gasteiger partial charge in [0.15, 0.2) is 6.61 Å². The van der Waals surface area contributed by atoms with Gasteiger partial charge in [-0.3, -0.25) is 10.1 Å². The first-order valence-electron chi connectivity index (χ1n) is 7.80. The van der Waals surface area contributed by atoms with Crippen molar-refractivity contribution in [2.45, 2.75) is 33.3 Å². The Labute approximate surface area is 148 Å². The molecule has 0 saturated heterocycles. The maximum atomic E-state index is 12.5. The molecular formula is C16H17N5O3S. The lowest BCUT2D eigenvalue weighted by Gasteiger charge is -2.09. The van der Waals surface area contributed by atoms with Gasteiger partial charge >= 0.3 is 0 Å². The predicted octanol–water partition coefficient (Wildman–Crippen LogP) is 3.01. The van der Waals surface area contributed by atoms with E-state index >= 15 is 0 Å². The fourth-order valence-electron chi connectivity index (χ4n) is 2.11. The van der Waals surface area contributed by atoms with E-state index in [1.54, 1.807) is 31.2 Å². The van der Waals surface area contributed by atoms with Crippen LogP contribution in [0, 0.1) is 6.92 Å². The standard InChI is InChI=1S/C16H17N5O3S/c1-3-6-14-19-20-16(25-14)18-15(22)11-7-4-5-8-12(11)23-9-13-17-10(2)24-21-13/h4-5,7-8H,3,6,9H2,1-2H3,(H,18,20,22). The van der Waals surface area contributed by atoms with E-state index in [2.05, 4.69) is 32.6 Å². The zero-order chi connectivity index (χ0) is 17.6. The molecule has 0 saturated carbocycles. The molecule has 2 aromatic heterocycles. The minimum atomic E-state index is -0.306. The number of amides is 1. The summed E-state index contributed by atoms with van der Waals surface area (Å²) in [7, 11) is 0. The molecule has 0 radical (unpaired) electrons. The molecule has 1 amide bonds. The molecule has 8 nitrogen and oxygen atoms in total. The Morgan fingerprint density at radius 3 is 2.92 bits per heavy atom. The van der Waals surface area contributed by atoms with Gasteiger partial charge in [0.05, 0.1) is 5.56 Å². The normalized spacial score (nSPS) is 10.6. The molecule has 0 aliphatic rings. The quantitative estimate of drug-likeness (QED) is 0.691. The molecule has 0 aliphatic heterocycles. The highest BCUT2D eigenvalue weighted by Crippen LogP contribution is 2.22. The number of rotatable bonds is 7. The summed E-state index contributed by atoms with van der Waals surface area (Å²) in [6.07, 6.45) is 1.83. The first kappa shape index (κ1) is 17.0. The third-order valence-electron chi connectivity index (χ3n) is 3.21. The summed E-state index contributed by atoms with van der Waals surface area (Å²) < 4.78 is 10.6. The third-order valence-corrected chi connectivity index (χ3v) is 4.11. The molecule has 0 spiro atoms. The molecule has 0 atom stereocenters. The van der Waals surface area contributed by atoms with E-state index in [0.29, 0.717) is 28.2 Å². The van der Waals surface area contributed by atoms with Gasteiger partial charge < -0.3 is 9.26 Å². The van der Waals surface area contributed by atoms with Crippen molar-refractivity contribution in [3.63, 3.8) is 0 Å². The number of aryl methyl sites for hydroxylation is 2. The van der Waals surface area contributed by atoms with Crippen LogP contribution in [0.4, 0.5) is 5.13 Å². The number of nitrogens with zero attached hydrogens (tertiary/aromatic N) is 4. The van der Waals surface area contributed by atoms with Crippen molar-refractivity contribution < 1.29 is 14.1 Å². The van der Waals surface area contributed by atoms with Crippen molar-refractivity contribution in [2.75, 3.05) is 5.32 Å². The van der Waals surface area contributed by atoms with E-state index in [-0.39, 0.29) is 12.5 Å². The third kappa shape index (κ3) is 4.38. The van der Waals surface area contributed by atoms with Crippen LogP contribution in [0.1, 0.15) is 40.4 Å². The second-order valence-electron chi connectivity index (χ2n) is 5.22. The molecule has 25 heavy (non-hydrogen) atoms. The number of hydrogen-bond acceptors (Lipinski definition) is 8. The van der Waals surface area contributed by atoms with Crippen molar-refractivity contribution in [1.29, 1.82) is 0 Å². The topological polar surface area (TPSA) is 103 Å². The lowest BCUT2D eigenvalue weighted by Crippen LogP contribution is -2.13. The minimum Gasteiger partial charge on any atom is -0.485 e. The van der Waals surface area contributed by atoms with Crippen LogP contribution in [-0.2, 0) is 13.0 Å². The summed E-state index contributed by atoms with van der Waals surface area (Å²) in [5, 5.41) is 15.9. The maximum Gasteiger partial charge on any atom is 0.261 e.